The molecule has 2 amide bonds. The van der Waals surface area contributed by atoms with E-state index in [-0.39, 0.29) is 24.5 Å². The van der Waals surface area contributed by atoms with Crippen LogP contribution in [0.15, 0.2) is 52.0 Å². The number of furan rings is 1. The number of amides is 2. The first kappa shape index (κ1) is 21.3. The van der Waals surface area contributed by atoms with Crippen LogP contribution < -0.4 is 10.6 Å². The zero-order chi connectivity index (χ0) is 20.9. The number of nitrogens with one attached hydrogen (secondary N) is 2. The lowest BCUT2D eigenvalue weighted by atomic mass is 10.3. The summed E-state index contributed by atoms with van der Waals surface area (Å²) >= 11 is 5.82. The molecule has 0 radical (unpaired) electrons. The fourth-order valence-electron chi connectivity index (χ4n) is 2.77. The Morgan fingerprint density at radius 1 is 1.14 bits per heavy atom. The summed E-state index contributed by atoms with van der Waals surface area (Å²) in [7, 11) is -3.85. The summed E-state index contributed by atoms with van der Waals surface area (Å²) in [6.45, 7) is 0.476. The molecular formula is C18H20ClN3O6S. The van der Waals surface area contributed by atoms with E-state index in [9.17, 15) is 18.0 Å². The van der Waals surface area contributed by atoms with Gasteiger partial charge in [0.2, 0.25) is 10.0 Å². The molecule has 1 aromatic carbocycles. The van der Waals surface area contributed by atoms with E-state index in [4.69, 9.17) is 20.8 Å². The number of halogens is 1. The van der Waals surface area contributed by atoms with Gasteiger partial charge in [0, 0.05) is 11.6 Å². The Kier molecular flexibility index (Phi) is 6.91. The van der Waals surface area contributed by atoms with Gasteiger partial charge in [0.15, 0.2) is 0 Å². The summed E-state index contributed by atoms with van der Waals surface area (Å²) < 4.78 is 37.6. The van der Waals surface area contributed by atoms with Crippen molar-refractivity contribution < 1.29 is 27.2 Å². The van der Waals surface area contributed by atoms with E-state index in [1.165, 1.54) is 34.8 Å². The smallest absolute Gasteiger partial charge is 0.309 e. The Labute approximate surface area is 173 Å². The Balaban J connectivity index is 1.60. The van der Waals surface area contributed by atoms with Crippen LogP contribution in [0, 0.1) is 0 Å². The maximum Gasteiger partial charge on any atom is 0.309 e. The summed E-state index contributed by atoms with van der Waals surface area (Å²) in [6.07, 6.45) is 1.05. The van der Waals surface area contributed by atoms with E-state index in [0.717, 1.165) is 0 Å². The molecular weight excluding hydrogens is 422 g/mol. The van der Waals surface area contributed by atoms with Gasteiger partial charge < -0.3 is 19.8 Å². The maximum atomic E-state index is 12.9. The van der Waals surface area contributed by atoms with Gasteiger partial charge in [0.25, 0.3) is 0 Å². The molecule has 0 unspecified atom stereocenters. The third-order valence-electron chi connectivity index (χ3n) is 4.22. The number of benzene rings is 1. The number of nitrogens with zero attached hydrogens (tertiary/aromatic N) is 1. The van der Waals surface area contributed by atoms with Gasteiger partial charge in [-0.15, -0.1) is 0 Å². The zero-order valence-corrected chi connectivity index (χ0v) is 16.9. The molecule has 0 spiro atoms. The average molecular weight is 442 g/mol. The van der Waals surface area contributed by atoms with Crippen LogP contribution in [0.5, 0.6) is 0 Å². The minimum absolute atomic E-state index is 0.0657. The molecule has 1 aliphatic heterocycles. The molecule has 2 heterocycles. The van der Waals surface area contributed by atoms with Gasteiger partial charge in [0.05, 0.1) is 30.9 Å². The molecule has 29 heavy (non-hydrogen) atoms. The highest BCUT2D eigenvalue weighted by Crippen LogP contribution is 2.23. The molecule has 2 N–H and O–H groups in total. The van der Waals surface area contributed by atoms with Crippen molar-refractivity contribution in [2.24, 2.45) is 0 Å². The van der Waals surface area contributed by atoms with Crippen LogP contribution in [0.4, 0.5) is 0 Å². The lowest BCUT2D eigenvalue weighted by molar-refractivity contribution is -0.140. The van der Waals surface area contributed by atoms with Gasteiger partial charge >= 0.3 is 11.8 Å². The fraction of sp³-hybridized carbons (Fsp3) is 0.333. The fourth-order valence-corrected chi connectivity index (χ4v) is 4.46. The SMILES string of the molecule is O=C(NCc1ccco1)C(=O)NC[C@H]1OCCCN1S(=O)(=O)c1ccc(Cl)cc1. The first-order valence-corrected chi connectivity index (χ1v) is 10.7. The van der Waals surface area contributed by atoms with E-state index in [1.807, 2.05) is 0 Å². The molecule has 0 bridgehead atoms. The molecule has 1 aromatic heterocycles. The topological polar surface area (TPSA) is 118 Å². The van der Waals surface area contributed by atoms with Crippen LogP contribution >= 0.6 is 11.6 Å². The number of carbonyl (C=O) groups excluding carboxylic acids is 2. The number of ether oxygens (including phenoxy) is 1. The first-order valence-electron chi connectivity index (χ1n) is 8.85. The van der Waals surface area contributed by atoms with E-state index < -0.39 is 28.1 Å². The maximum absolute atomic E-state index is 12.9. The third-order valence-corrected chi connectivity index (χ3v) is 6.38. The van der Waals surface area contributed by atoms with Crippen LogP contribution in [0.25, 0.3) is 0 Å². The van der Waals surface area contributed by atoms with Crippen LogP contribution in [-0.4, -0.2) is 50.5 Å². The first-order chi connectivity index (χ1) is 13.9. The molecule has 3 rings (SSSR count). The molecule has 156 valence electrons. The van der Waals surface area contributed by atoms with E-state index in [2.05, 4.69) is 10.6 Å². The number of sulfonamides is 1. The summed E-state index contributed by atoms with van der Waals surface area (Å²) in [5.41, 5.74) is 0. The lowest BCUT2D eigenvalue weighted by Crippen LogP contribution is -2.53. The van der Waals surface area contributed by atoms with Crippen molar-refractivity contribution in [3.8, 4) is 0 Å². The Hall–Kier alpha value is -2.40. The predicted octanol–water partition coefficient (Wildman–Crippen LogP) is 1.10. The minimum atomic E-state index is -3.85. The van der Waals surface area contributed by atoms with E-state index >= 15 is 0 Å². The van der Waals surface area contributed by atoms with Gasteiger partial charge in [-0.25, -0.2) is 8.42 Å². The van der Waals surface area contributed by atoms with Crippen molar-refractivity contribution in [1.29, 1.82) is 0 Å². The van der Waals surface area contributed by atoms with Crippen LogP contribution in [0.1, 0.15) is 12.2 Å². The molecule has 1 saturated heterocycles. The zero-order valence-electron chi connectivity index (χ0n) is 15.3. The highest BCUT2D eigenvalue weighted by molar-refractivity contribution is 7.89. The molecule has 9 nitrogen and oxygen atoms in total. The lowest BCUT2D eigenvalue weighted by Gasteiger charge is -2.34. The van der Waals surface area contributed by atoms with Crippen LogP contribution in [0.2, 0.25) is 5.02 Å². The molecule has 1 atom stereocenters. The van der Waals surface area contributed by atoms with Gasteiger partial charge in [-0.05, 0) is 42.8 Å². The van der Waals surface area contributed by atoms with E-state index in [1.54, 1.807) is 12.1 Å². The van der Waals surface area contributed by atoms with Crippen molar-refractivity contribution in [3.63, 3.8) is 0 Å². The molecule has 11 heteroatoms. The molecule has 0 saturated carbocycles. The second-order valence-electron chi connectivity index (χ2n) is 6.22. The summed E-state index contributed by atoms with van der Waals surface area (Å²) in [6, 6.07) is 9.11. The average Bonchev–Trinajstić information content (AvgIpc) is 3.24. The quantitative estimate of drug-likeness (QED) is 0.648. The van der Waals surface area contributed by atoms with Crippen molar-refractivity contribution in [2.45, 2.75) is 24.1 Å². The molecule has 1 aliphatic rings. The van der Waals surface area contributed by atoms with Crippen molar-refractivity contribution >= 4 is 33.4 Å². The summed E-state index contributed by atoms with van der Waals surface area (Å²) in [5, 5.41) is 5.25. The standard InChI is InChI=1S/C18H20ClN3O6S/c19-13-4-6-15(7-5-13)29(25,26)22-8-2-10-28-16(22)12-21-18(24)17(23)20-11-14-3-1-9-27-14/h1,3-7,9,16H,2,8,10-12H2,(H,20,23)(H,21,24)/t16-/m1/s1. The molecule has 2 aromatic rings. The largest absolute Gasteiger partial charge is 0.467 e. The van der Waals surface area contributed by atoms with Gasteiger partial charge in [-0.1, -0.05) is 11.6 Å². The summed E-state index contributed by atoms with van der Waals surface area (Å²) in [5.74, 6) is -1.25. The van der Waals surface area contributed by atoms with Crippen LogP contribution in [-0.2, 0) is 30.9 Å². The van der Waals surface area contributed by atoms with Crippen molar-refractivity contribution in [3.05, 3.63) is 53.4 Å². The Morgan fingerprint density at radius 2 is 1.86 bits per heavy atom. The Bertz CT molecular complexity index is 946. The predicted molar refractivity (Wildman–Crippen MR) is 103 cm³/mol. The highest BCUT2D eigenvalue weighted by Gasteiger charge is 2.34. The van der Waals surface area contributed by atoms with Crippen molar-refractivity contribution in [2.75, 3.05) is 19.7 Å². The number of rotatable bonds is 6. The van der Waals surface area contributed by atoms with E-state index in [0.29, 0.717) is 23.8 Å². The second kappa shape index (κ2) is 9.40. The van der Waals surface area contributed by atoms with Gasteiger partial charge in [0.1, 0.15) is 12.0 Å². The number of hydrogen-bond acceptors (Lipinski definition) is 6. The van der Waals surface area contributed by atoms with Crippen LogP contribution in [0.3, 0.4) is 0 Å². The van der Waals surface area contributed by atoms with Crippen molar-refractivity contribution in [1.82, 2.24) is 14.9 Å². The summed E-state index contributed by atoms with van der Waals surface area (Å²) in [4.78, 5) is 24.0. The molecule has 1 fully saturated rings. The normalized spacial score (nSPS) is 17.6. The number of hydrogen-bond donors (Lipinski definition) is 2. The highest BCUT2D eigenvalue weighted by atomic mass is 35.5. The second-order valence-corrected chi connectivity index (χ2v) is 8.55. The van der Waals surface area contributed by atoms with Gasteiger partial charge in [-0.2, -0.15) is 4.31 Å². The minimum Gasteiger partial charge on any atom is -0.467 e. The third kappa shape index (κ3) is 5.36. The van der Waals surface area contributed by atoms with Gasteiger partial charge in [-0.3, -0.25) is 9.59 Å². The Morgan fingerprint density at radius 3 is 2.55 bits per heavy atom. The number of carbonyl (C=O) groups is 2. The molecule has 0 aliphatic carbocycles. The monoisotopic (exact) mass is 441 g/mol.